The van der Waals surface area contributed by atoms with Crippen LogP contribution < -0.4 is 24.8 Å². The third-order valence-electron chi connectivity index (χ3n) is 8.50. The lowest BCUT2D eigenvalue weighted by molar-refractivity contribution is -0.116. The Kier molecular flexibility index (Phi) is 10.5. The lowest BCUT2D eigenvalue weighted by Gasteiger charge is -2.26. The number of carbonyl (C=O) groups excluding carboxylic acids is 3. The molecule has 2 fully saturated rings. The number of aromatic nitrogens is 2. The highest BCUT2D eigenvalue weighted by Gasteiger charge is 2.32. The highest BCUT2D eigenvalue weighted by Crippen LogP contribution is 2.38. The van der Waals surface area contributed by atoms with Gasteiger partial charge in [-0.25, -0.2) is 4.98 Å². The molecule has 1 aromatic heterocycles. The van der Waals surface area contributed by atoms with Crippen LogP contribution in [-0.4, -0.2) is 109 Å². The molecule has 3 aromatic rings. The molecular formula is C34H41N7O7. The summed E-state index contributed by atoms with van der Waals surface area (Å²) in [6, 6.07) is 10.5. The number of benzene rings is 2. The fraction of sp³-hybridized carbons (Fsp3) is 0.441. The quantitative estimate of drug-likeness (QED) is 0.263. The maximum Gasteiger partial charge on any atom is 0.291 e. The van der Waals surface area contributed by atoms with E-state index in [0.717, 1.165) is 51.4 Å². The van der Waals surface area contributed by atoms with Crippen LogP contribution in [0.25, 0.3) is 0 Å². The van der Waals surface area contributed by atoms with Crippen LogP contribution in [-0.2, 0) is 16.6 Å². The van der Waals surface area contributed by atoms with Crippen molar-refractivity contribution in [2.75, 3.05) is 70.3 Å². The topological polar surface area (TPSA) is 149 Å². The zero-order valence-electron chi connectivity index (χ0n) is 27.3. The average molecular weight is 660 g/mol. The van der Waals surface area contributed by atoms with E-state index >= 15 is 0 Å². The van der Waals surface area contributed by atoms with Gasteiger partial charge in [-0.15, -0.1) is 0 Å². The monoisotopic (exact) mass is 659 g/mol. The number of hydrogen-bond donors (Lipinski definition) is 2. The van der Waals surface area contributed by atoms with Crippen molar-refractivity contribution in [2.24, 2.45) is 12.0 Å². The summed E-state index contributed by atoms with van der Waals surface area (Å²) in [6.07, 6.45) is 5.85. The summed E-state index contributed by atoms with van der Waals surface area (Å²) in [5, 5.41) is 5.58. The van der Waals surface area contributed by atoms with E-state index in [1.807, 2.05) is 23.2 Å². The first-order chi connectivity index (χ1) is 23.4. The van der Waals surface area contributed by atoms with Gasteiger partial charge in [-0.1, -0.05) is 0 Å². The molecule has 1 atom stereocenters. The predicted molar refractivity (Wildman–Crippen MR) is 179 cm³/mol. The Bertz CT molecular complexity index is 1650. The molecule has 2 aromatic carbocycles. The van der Waals surface area contributed by atoms with Crippen molar-refractivity contribution in [2.45, 2.75) is 31.7 Å². The average Bonchev–Trinajstić information content (AvgIpc) is 3.69. The Labute approximate surface area is 279 Å². The van der Waals surface area contributed by atoms with E-state index in [-0.39, 0.29) is 42.5 Å². The molecule has 3 aliphatic rings. The first kappa shape index (κ1) is 33.0. The van der Waals surface area contributed by atoms with E-state index in [2.05, 4.69) is 25.5 Å². The number of nitrogens with one attached hydrogen (secondary N) is 2. The van der Waals surface area contributed by atoms with E-state index in [9.17, 15) is 14.4 Å². The number of morpholine rings is 1. The Balaban J connectivity index is 0.951. The molecule has 3 aliphatic heterocycles. The van der Waals surface area contributed by atoms with Gasteiger partial charge in [0.25, 0.3) is 11.8 Å². The Hall–Kier alpha value is -4.95. The number of fused-ring (bicyclic) bond motifs is 2. The van der Waals surface area contributed by atoms with Crippen molar-refractivity contribution in [3.05, 3.63) is 54.0 Å². The Morgan fingerprint density at radius 1 is 1.02 bits per heavy atom. The van der Waals surface area contributed by atoms with Crippen LogP contribution in [0.2, 0.25) is 0 Å². The smallest absolute Gasteiger partial charge is 0.291 e. The van der Waals surface area contributed by atoms with Gasteiger partial charge in [-0.05, 0) is 49.6 Å². The molecule has 4 heterocycles. The molecule has 2 saturated heterocycles. The van der Waals surface area contributed by atoms with Gasteiger partial charge in [0.1, 0.15) is 12.4 Å². The van der Waals surface area contributed by atoms with Crippen LogP contribution >= 0.6 is 0 Å². The number of nitrogens with zero attached hydrogens (tertiary/aromatic N) is 5. The minimum Gasteiger partial charge on any atom is -0.493 e. The van der Waals surface area contributed by atoms with Crippen molar-refractivity contribution in [1.82, 2.24) is 19.4 Å². The van der Waals surface area contributed by atoms with E-state index in [1.165, 1.54) is 7.11 Å². The van der Waals surface area contributed by atoms with E-state index in [0.29, 0.717) is 48.0 Å². The lowest BCUT2D eigenvalue weighted by Crippen LogP contribution is -2.38. The van der Waals surface area contributed by atoms with Gasteiger partial charge in [-0.2, -0.15) is 0 Å². The maximum atomic E-state index is 13.1. The first-order valence-electron chi connectivity index (χ1n) is 16.3. The largest absolute Gasteiger partial charge is 0.493 e. The van der Waals surface area contributed by atoms with Crippen LogP contribution in [0.15, 0.2) is 47.6 Å². The summed E-state index contributed by atoms with van der Waals surface area (Å²) in [6.45, 7) is 5.69. The van der Waals surface area contributed by atoms with Crippen molar-refractivity contribution >= 4 is 41.1 Å². The van der Waals surface area contributed by atoms with Crippen LogP contribution in [0.3, 0.4) is 0 Å². The van der Waals surface area contributed by atoms with E-state index in [4.69, 9.17) is 18.9 Å². The molecule has 0 saturated carbocycles. The second-order valence-corrected chi connectivity index (χ2v) is 11.8. The van der Waals surface area contributed by atoms with Crippen molar-refractivity contribution in [1.29, 1.82) is 0 Å². The number of hydrogen-bond acceptors (Lipinski definition) is 10. The Morgan fingerprint density at radius 3 is 2.62 bits per heavy atom. The molecule has 6 rings (SSSR count). The molecule has 0 unspecified atom stereocenters. The summed E-state index contributed by atoms with van der Waals surface area (Å²) in [5.41, 5.74) is 1.62. The summed E-state index contributed by atoms with van der Waals surface area (Å²) in [5.74, 6) is 1.29. The SMILES string of the molecule is COc1cc2c(cc1OCCCC(=O)Nc1cn(C)c(C(=O)Nc3ccc(OCCN4CCOCC4)cc3)n1)N=C[C@@H]1CCCN1C2=O. The number of rotatable bonds is 13. The fourth-order valence-corrected chi connectivity index (χ4v) is 5.92. The van der Waals surface area contributed by atoms with Gasteiger partial charge in [0, 0.05) is 63.8 Å². The second-order valence-electron chi connectivity index (χ2n) is 11.8. The Morgan fingerprint density at radius 2 is 1.83 bits per heavy atom. The highest BCUT2D eigenvalue weighted by atomic mass is 16.5. The van der Waals surface area contributed by atoms with Gasteiger partial charge in [0.05, 0.1) is 44.2 Å². The molecule has 0 radical (unpaired) electrons. The predicted octanol–water partition coefficient (Wildman–Crippen LogP) is 3.51. The second kappa shape index (κ2) is 15.3. The molecule has 48 heavy (non-hydrogen) atoms. The van der Waals surface area contributed by atoms with E-state index in [1.54, 1.807) is 42.1 Å². The molecule has 0 bridgehead atoms. The van der Waals surface area contributed by atoms with Crippen molar-refractivity contribution in [3.8, 4) is 17.2 Å². The fourth-order valence-electron chi connectivity index (χ4n) is 5.92. The van der Waals surface area contributed by atoms with Gasteiger partial charge in [-0.3, -0.25) is 24.3 Å². The number of aliphatic imine (C=N–C) groups is 1. The molecule has 14 nitrogen and oxygen atoms in total. The number of amides is 3. The molecule has 3 amide bonds. The van der Waals surface area contributed by atoms with Crippen LogP contribution in [0.5, 0.6) is 17.2 Å². The molecule has 2 N–H and O–H groups in total. The third-order valence-corrected chi connectivity index (χ3v) is 8.50. The summed E-state index contributed by atoms with van der Waals surface area (Å²) >= 11 is 0. The van der Waals surface area contributed by atoms with Gasteiger partial charge in [0.15, 0.2) is 17.3 Å². The summed E-state index contributed by atoms with van der Waals surface area (Å²) in [4.78, 5) is 51.7. The normalized spacial score (nSPS) is 17.3. The number of ether oxygens (including phenoxy) is 4. The summed E-state index contributed by atoms with van der Waals surface area (Å²) in [7, 11) is 3.21. The molecule has 254 valence electrons. The standard InChI is InChI=1S/C34H41N7O7/c1-39-22-30(38-32(39)33(43)36-23-7-9-25(10-8-23)47-18-14-40-12-16-46-17-13-40)37-31(42)6-4-15-48-29-20-27-26(19-28(29)45-2)34(44)41-11-3-5-24(41)21-35-27/h7-10,19-22,24H,3-6,11-18H2,1-2H3,(H,36,43)(H,37,42)/t24-/m0/s1. The number of carbonyl (C=O) groups is 3. The van der Waals surface area contributed by atoms with Gasteiger partial charge < -0.3 is 39.0 Å². The van der Waals surface area contributed by atoms with Gasteiger partial charge in [0.2, 0.25) is 11.7 Å². The molecular weight excluding hydrogens is 618 g/mol. The van der Waals surface area contributed by atoms with Crippen LogP contribution in [0.1, 0.15) is 46.7 Å². The number of aryl methyl sites for hydroxylation is 1. The summed E-state index contributed by atoms with van der Waals surface area (Å²) < 4.78 is 24.2. The minimum atomic E-state index is -0.409. The maximum absolute atomic E-state index is 13.1. The number of imidazole rings is 1. The van der Waals surface area contributed by atoms with Gasteiger partial charge >= 0.3 is 0 Å². The molecule has 0 aliphatic carbocycles. The van der Waals surface area contributed by atoms with Crippen LogP contribution in [0.4, 0.5) is 17.2 Å². The molecule has 0 spiro atoms. The highest BCUT2D eigenvalue weighted by molar-refractivity contribution is 6.04. The van der Waals surface area contributed by atoms with Crippen molar-refractivity contribution in [3.63, 3.8) is 0 Å². The lowest BCUT2D eigenvalue weighted by atomic mass is 10.1. The zero-order valence-corrected chi connectivity index (χ0v) is 27.3. The third kappa shape index (κ3) is 7.94. The van der Waals surface area contributed by atoms with Crippen molar-refractivity contribution < 1.29 is 33.3 Å². The molecule has 14 heteroatoms. The number of methoxy groups -OCH3 is 1. The zero-order chi connectivity index (χ0) is 33.5. The van der Waals surface area contributed by atoms with Crippen LogP contribution in [0, 0.1) is 0 Å². The van der Waals surface area contributed by atoms with E-state index < -0.39 is 5.91 Å². The first-order valence-corrected chi connectivity index (χ1v) is 16.3. The minimum absolute atomic E-state index is 0.0115. The number of anilines is 2.